The number of aliphatic imine (C=N–C) groups is 2. The second-order valence-corrected chi connectivity index (χ2v) is 8.89. The van der Waals surface area contributed by atoms with Gasteiger partial charge >= 0.3 is 0 Å². The molecule has 0 aromatic heterocycles. The molecule has 2 spiro atoms. The van der Waals surface area contributed by atoms with E-state index in [0.29, 0.717) is 5.96 Å². The molecule has 1 aromatic rings. The highest BCUT2D eigenvalue weighted by Crippen LogP contribution is 2.62. The van der Waals surface area contributed by atoms with Gasteiger partial charge in [0.1, 0.15) is 0 Å². The molecule has 2 aliphatic carbocycles. The summed E-state index contributed by atoms with van der Waals surface area (Å²) in [5.74, 6) is 0.450. The molecule has 4 aliphatic rings. The third kappa shape index (κ3) is 2.06. The number of nitrogens with zero attached hydrogens (tertiary/aromatic N) is 3. The molecule has 0 bridgehead atoms. The minimum Gasteiger partial charge on any atom is -0.368 e. The molecular weight excluding hydrogens is 392 g/mol. The number of hydrogen-bond donors (Lipinski definition) is 1. The topological polar surface area (TPSA) is 63.2 Å². The third-order valence-electron chi connectivity index (χ3n) is 6.56. The molecule has 6 heteroatoms. The smallest absolute Gasteiger partial charge is 0.221 e. The van der Waals surface area contributed by atoms with E-state index >= 15 is 0 Å². The summed E-state index contributed by atoms with van der Waals surface area (Å²) in [6.07, 6.45) is 4.98. The second-order valence-electron chi connectivity index (χ2n) is 7.98. The predicted molar refractivity (Wildman–Crippen MR) is 106 cm³/mol. The van der Waals surface area contributed by atoms with Crippen LogP contribution in [0.15, 0.2) is 43.8 Å². The van der Waals surface area contributed by atoms with E-state index in [0.717, 1.165) is 48.7 Å². The van der Waals surface area contributed by atoms with Crippen molar-refractivity contribution in [1.82, 2.24) is 5.06 Å². The van der Waals surface area contributed by atoms with E-state index in [-0.39, 0.29) is 5.41 Å². The molecule has 2 atom stereocenters. The normalized spacial score (nSPS) is 32.8. The maximum absolute atomic E-state index is 6.43. The average Bonchev–Trinajstić information content (AvgIpc) is 3.05. The Balaban J connectivity index is 1.69. The van der Waals surface area contributed by atoms with Gasteiger partial charge in [-0.2, -0.15) is 0 Å². The number of rotatable bonds is 0. The molecule has 0 saturated heterocycles. The molecule has 1 fully saturated rings. The van der Waals surface area contributed by atoms with Crippen LogP contribution < -0.4 is 5.73 Å². The van der Waals surface area contributed by atoms with Gasteiger partial charge in [0, 0.05) is 34.8 Å². The third-order valence-corrected chi connectivity index (χ3v) is 7.05. The Morgan fingerprint density at radius 2 is 2.12 bits per heavy atom. The van der Waals surface area contributed by atoms with Crippen LogP contribution in [-0.2, 0) is 17.0 Å². The van der Waals surface area contributed by atoms with Crippen LogP contribution in [0.5, 0.6) is 0 Å². The van der Waals surface area contributed by atoms with Crippen LogP contribution in [0.2, 0.25) is 0 Å². The van der Waals surface area contributed by atoms with E-state index in [9.17, 15) is 0 Å². The van der Waals surface area contributed by atoms with E-state index in [1.807, 2.05) is 7.05 Å². The number of hydroxylamine groups is 2. The van der Waals surface area contributed by atoms with Gasteiger partial charge in [0.25, 0.3) is 0 Å². The molecule has 0 radical (unpaired) electrons. The molecule has 26 heavy (non-hydrogen) atoms. The van der Waals surface area contributed by atoms with Crippen molar-refractivity contribution < 1.29 is 4.84 Å². The second kappa shape index (κ2) is 5.42. The first-order valence-electron chi connectivity index (χ1n) is 9.24. The lowest BCUT2D eigenvalue weighted by molar-refractivity contribution is -0.223. The van der Waals surface area contributed by atoms with Gasteiger partial charge in [-0.1, -0.05) is 27.6 Å². The summed E-state index contributed by atoms with van der Waals surface area (Å²) in [6, 6.07) is 6.47. The van der Waals surface area contributed by atoms with Crippen molar-refractivity contribution in [2.75, 3.05) is 13.6 Å². The van der Waals surface area contributed by atoms with Crippen LogP contribution >= 0.6 is 15.9 Å². The monoisotopic (exact) mass is 414 g/mol. The summed E-state index contributed by atoms with van der Waals surface area (Å²) in [5.41, 5.74) is 12.0. The van der Waals surface area contributed by atoms with Crippen molar-refractivity contribution >= 4 is 27.6 Å². The molecule has 0 amide bonds. The first-order chi connectivity index (χ1) is 12.4. The van der Waals surface area contributed by atoms with E-state index in [4.69, 9.17) is 20.6 Å². The Morgan fingerprint density at radius 1 is 1.27 bits per heavy atom. The minimum atomic E-state index is -0.735. The van der Waals surface area contributed by atoms with Gasteiger partial charge in [-0.05, 0) is 62.3 Å². The molecule has 1 saturated carbocycles. The molecular formula is C20H23BrN4O. The summed E-state index contributed by atoms with van der Waals surface area (Å²) in [6.45, 7) is 3.19. The highest BCUT2D eigenvalue weighted by Gasteiger charge is 2.64. The van der Waals surface area contributed by atoms with Crippen LogP contribution in [0.3, 0.4) is 0 Å². The summed E-state index contributed by atoms with van der Waals surface area (Å²) in [4.78, 5) is 16.2. The zero-order valence-electron chi connectivity index (χ0n) is 15.2. The van der Waals surface area contributed by atoms with Gasteiger partial charge in [-0.15, -0.1) is 0 Å². The number of fused-ring (bicyclic) bond motifs is 4. The molecule has 1 aromatic carbocycles. The van der Waals surface area contributed by atoms with E-state index in [1.54, 1.807) is 5.06 Å². The summed E-state index contributed by atoms with van der Waals surface area (Å²) >= 11 is 3.63. The van der Waals surface area contributed by atoms with Gasteiger partial charge in [0.15, 0.2) is 0 Å². The maximum Gasteiger partial charge on any atom is 0.221 e. The van der Waals surface area contributed by atoms with Crippen LogP contribution in [0, 0.1) is 5.41 Å². The zero-order valence-corrected chi connectivity index (χ0v) is 16.8. The van der Waals surface area contributed by atoms with E-state index in [1.165, 1.54) is 22.4 Å². The van der Waals surface area contributed by atoms with Crippen LogP contribution in [0.25, 0.3) is 0 Å². The first-order valence-corrected chi connectivity index (χ1v) is 10.0. The Morgan fingerprint density at radius 3 is 2.88 bits per heavy atom. The Kier molecular flexibility index (Phi) is 3.44. The molecule has 2 heterocycles. The highest BCUT2D eigenvalue weighted by molar-refractivity contribution is 9.10. The number of dihydropyridines is 1. The quantitative estimate of drug-likeness (QED) is 0.703. The summed E-state index contributed by atoms with van der Waals surface area (Å²) in [5, 5.41) is 1.63. The highest BCUT2D eigenvalue weighted by atomic mass is 79.9. The summed E-state index contributed by atoms with van der Waals surface area (Å²) in [7, 11) is 1.85. The standard InChI is InChI=1S/C20H23BrN4O/c1-12-6-8-23-17-5-7-19(11-15(12)17)10-13-3-4-14(21)9-16(13)20(19)24-18(22)25(2)26-20/h3-4,9H,5-8,10-11H2,1-2H3,(H2,22,24). The first kappa shape index (κ1) is 16.5. The lowest BCUT2D eigenvalue weighted by Crippen LogP contribution is -2.46. The fourth-order valence-corrected chi connectivity index (χ4v) is 5.53. The molecule has 5 rings (SSSR count). The fraction of sp³-hybridized carbons (Fsp3) is 0.500. The van der Waals surface area contributed by atoms with E-state index in [2.05, 4.69) is 41.1 Å². The number of hydrogen-bond acceptors (Lipinski definition) is 5. The van der Waals surface area contributed by atoms with Crippen LogP contribution in [0.4, 0.5) is 0 Å². The number of halogens is 1. The summed E-state index contributed by atoms with van der Waals surface area (Å²) < 4.78 is 1.05. The lowest BCUT2D eigenvalue weighted by Gasteiger charge is -2.45. The molecule has 136 valence electrons. The van der Waals surface area contributed by atoms with Crippen molar-refractivity contribution in [2.24, 2.45) is 21.1 Å². The number of allylic oxidation sites excluding steroid dienone is 1. The Labute approximate surface area is 162 Å². The fourth-order valence-electron chi connectivity index (χ4n) is 5.17. The van der Waals surface area contributed by atoms with Crippen molar-refractivity contribution in [2.45, 2.75) is 44.8 Å². The molecule has 2 aliphatic heterocycles. The number of guanidine groups is 1. The van der Waals surface area contributed by atoms with Crippen molar-refractivity contribution in [3.05, 3.63) is 44.9 Å². The van der Waals surface area contributed by atoms with Crippen molar-refractivity contribution in [1.29, 1.82) is 0 Å². The SMILES string of the molecule is CC1=C2CC3(CCC2=NCC1)Cc1ccc(Br)cc1C31N=C(N)N(C)O1. The maximum atomic E-state index is 6.43. The lowest BCUT2D eigenvalue weighted by atomic mass is 9.64. The van der Waals surface area contributed by atoms with Crippen molar-refractivity contribution in [3.63, 3.8) is 0 Å². The van der Waals surface area contributed by atoms with Gasteiger partial charge in [0.05, 0.1) is 0 Å². The Hall–Kier alpha value is -1.66. The van der Waals surface area contributed by atoms with E-state index < -0.39 is 5.72 Å². The van der Waals surface area contributed by atoms with Gasteiger partial charge in [-0.25, -0.2) is 14.9 Å². The van der Waals surface area contributed by atoms with Crippen LogP contribution in [-0.4, -0.2) is 30.3 Å². The van der Waals surface area contributed by atoms with Crippen molar-refractivity contribution in [3.8, 4) is 0 Å². The average molecular weight is 415 g/mol. The predicted octanol–water partition coefficient (Wildman–Crippen LogP) is 3.68. The van der Waals surface area contributed by atoms with Gasteiger partial charge in [0.2, 0.25) is 11.7 Å². The number of benzene rings is 1. The molecule has 5 nitrogen and oxygen atoms in total. The largest absolute Gasteiger partial charge is 0.368 e. The van der Waals surface area contributed by atoms with Gasteiger partial charge < -0.3 is 5.73 Å². The minimum absolute atomic E-state index is 0.113. The Bertz CT molecular complexity index is 905. The number of nitrogens with two attached hydrogens (primary N) is 1. The van der Waals surface area contributed by atoms with Gasteiger partial charge in [-0.3, -0.25) is 4.99 Å². The van der Waals surface area contributed by atoms with Crippen LogP contribution in [0.1, 0.15) is 43.7 Å². The molecule has 2 N–H and O–H groups in total. The zero-order chi connectivity index (χ0) is 18.1. The molecule has 2 unspecified atom stereocenters.